The van der Waals surface area contributed by atoms with E-state index in [1.165, 1.54) is 5.56 Å². The molecule has 0 unspecified atom stereocenters. The van der Waals surface area contributed by atoms with Crippen LogP contribution in [0.5, 0.6) is 5.75 Å². The first-order valence-corrected chi connectivity index (χ1v) is 9.61. The number of carboxylic acid groups (broad SMARTS) is 1. The van der Waals surface area contributed by atoms with E-state index in [1.54, 1.807) is 18.2 Å². The van der Waals surface area contributed by atoms with E-state index in [0.29, 0.717) is 5.75 Å². The largest absolute Gasteiger partial charge is 0.487 e. The Labute approximate surface area is 164 Å². The number of benzene rings is 2. The number of rotatable bonds is 2. The fourth-order valence-corrected chi connectivity index (χ4v) is 4.55. The third-order valence-electron chi connectivity index (χ3n) is 5.93. The maximum atomic E-state index is 11.4. The predicted molar refractivity (Wildman–Crippen MR) is 104 cm³/mol. The van der Waals surface area contributed by atoms with Crippen molar-refractivity contribution in [3.05, 3.63) is 64.2 Å². The maximum absolute atomic E-state index is 11.4. The molecule has 142 valence electrons. The highest BCUT2D eigenvalue weighted by molar-refractivity contribution is 6.30. The van der Waals surface area contributed by atoms with E-state index >= 15 is 0 Å². The van der Waals surface area contributed by atoms with Crippen LogP contribution in [0, 0.1) is 5.92 Å². The Balaban J connectivity index is 1.72. The molecule has 0 saturated carbocycles. The summed E-state index contributed by atoms with van der Waals surface area (Å²) in [5, 5.41) is 10.1. The minimum absolute atomic E-state index is 0.00246. The summed E-state index contributed by atoms with van der Waals surface area (Å²) in [6.07, 6.45) is 0.723. The molecule has 0 aromatic heterocycles. The number of hydrogen-bond donors (Lipinski definition) is 1. The van der Waals surface area contributed by atoms with Gasteiger partial charge in [-0.3, -0.25) is 0 Å². The van der Waals surface area contributed by atoms with Gasteiger partial charge in [-0.2, -0.15) is 0 Å². The summed E-state index contributed by atoms with van der Waals surface area (Å²) in [6.45, 7) is 6.24. The number of ether oxygens (including phenoxy) is 2. The van der Waals surface area contributed by atoms with E-state index < -0.39 is 11.6 Å². The molecule has 0 aliphatic carbocycles. The van der Waals surface area contributed by atoms with Crippen LogP contribution in [0.1, 0.15) is 60.7 Å². The summed E-state index contributed by atoms with van der Waals surface area (Å²) in [4.78, 5) is 11.4. The van der Waals surface area contributed by atoms with Crippen LogP contribution in [0.3, 0.4) is 0 Å². The number of aromatic carboxylic acids is 1. The first-order chi connectivity index (χ1) is 12.8. The molecule has 2 aliphatic rings. The molecule has 4 atom stereocenters. The molecule has 0 spiro atoms. The first kappa shape index (κ1) is 18.3. The Hall–Kier alpha value is -2.04. The van der Waals surface area contributed by atoms with Gasteiger partial charge in [-0.15, -0.1) is 0 Å². The highest BCUT2D eigenvalue weighted by Crippen LogP contribution is 2.53. The van der Waals surface area contributed by atoms with Crippen molar-refractivity contribution >= 4 is 17.6 Å². The number of fused-ring (bicyclic) bond motifs is 3. The Morgan fingerprint density at radius 3 is 2.56 bits per heavy atom. The topological polar surface area (TPSA) is 55.8 Å². The average molecular weight is 387 g/mol. The minimum Gasteiger partial charge on any atom is -0.487 e. The van der Waals surface area contributed by atoms with Gasteiger partial charge < -0.3 is 14.6 Å². The molecule has 2 aromatic rings. The summed E-state index contributed by atoms with van der Waals surface area (Å²) in [7, 11) is 0. The summed E-state index contributed by atoms with van der Waals surface area (Å²) in [6, 6.07) is 13.0. The zero-order valence-electron chi connectivity index (χ0n) is 15.6. The van der Waals surface area contributed by atoms with Gasteiger partial charge >= 0.3 is 5.97 Å². The van der Waals surface area contributed by atoms with Crippen LogP contribution in [-0.4, -0.2) is 22.8 Å². The van der Waals surface area contributed by atoms with Crippen LogP contribution in [0.4, 0.5) is 0 Å². The van der Waals surface area contributed by atoms with E-state index in [1.807, 2.05) is 12.1 Å². The van der Waals surface area contributed by atoms with Gasteiger partial charge in [0.2, 0.25) is 0 Å². The first-order valence-electron chi connectivity index (χ1n) is 9.23. The number of hydrogen-bond acceptors (Lipinski definition) is 3. The van der Waals surface area contributed by atoms with Gasteiger partial charge in [0.1, 0.15) is 11.4 Å². The summed E-state index contributed by atoms with van der Waals surface area (Å²) >= 11 is 6.04. The summed E-state index contributed by atoms with van der Waals surface area (Å²) in [5.41, 5.74) is 1.88. The van der Waals surface area contributed by atoms with E-state index in [-0.39, 0.29) is 29.6 Å². The van der Waals surface area contributed by atoms with Crippen LogP contribution in [0.15, 0.2) is 42.5 Å². The molecule has 1 fully saturated rings. The number of halogens is 1. The van der Waals surface area contributed by atoms with E-state index in [4.69, 9.17) is 21.1 Å². The van der Waals surface area contributed by atoms with Gasteiger partial charge in [-0.1, -0.05) is 23.7 Å². The molecule has 4 rings (SSSR count). The van der Waals surface area contributed by atoms with Crippen molar-refractivity contribution in [1.82, 2.24) is 0 Å². The average Bonchev–Trinajstić information content (AvgIpc) is 2.61. The molecule has 27 heavy (non-hydrogen) atoms. The van der Waals surface area contributed by atoms with Gasteiger partial charge in [0, 0.05) is 22.4 Å². The third-order valence-corrected chi connectivity index (χ3v) is 6.18. The Kier molecular flexibility index (Phi) is 4.44. The Morgan fingerprint density at radius 2 is 1.89 bits per heavy atom. The maximum Gasteiger partial charge on any atom is 0.335 e. The van der Waals surface area contributed by atoms with Crippen molar-refractivity contribution in [3.8, 4) is 5.75 Å². The second-order valence-corrected chi connectivity index (χ2v) is 8.46. The molecule has 2 aliphatic heterocycles. The third kappa shape index (κ3) is 3.21. The number of carbonyl (C=O) groups is 1. The summed E-state index contributed by atoms with van der Waals surface area (Å²) < 4.78 is 12.7. The van der Waals surface area contributed by atoms with Gasteiger partial charge in [0.25, 0.3) is 0 Å². The lowest BCUT2D eigenvalue weighted by Crippen LogP contribution is -2.50. The van der Waals surface area contributed by atoms with Crippen molar-refractivity contribution in [2.75, 3.05) is 0 Å². The van der Waals surface area contributed by atoms with Crippen molar-refractivity contribution < 1.29 is 19.4 Å². The van der Waals surface area contributed by atoms with E-state index in [0.717, 1.165) is 17.0 Å². The van der Waals surface area contributed by atoms with Crippen molar-refractivity contribution in [2.45, 2.75) is 50.9 Å². The highest BCUT2D eigenvalue weighted by Gasteiger charge is 2.49. The Morgan fingerprint density at radius 1 is 1.19 bits per heavy atom. The molecule has 0 bridgehead atoms. The van der Waals surface area contributed by atoms with Crippen molar-refractivity contribution in [3.63, 3.8) is 0 Å². The monoisotopic (exact) mass is 386 g/mol. The van der Waals surface area contributed by atoms with Crippen molar-refractivity contribution in [2.24, 2.45) is 5.92 Å². The lowest BCUT2D eigenvalue weighted by atomic mass is 9.70. The van der Waals surface area contributed by atoms with Crippen LogP contribution >= 0.6 is 11.6 Å². The van der Waals surface area contributed by atoms with Gasteiger partial charge in [0.15, 0.2) is 0 Å². The van der Waals surface area contributed by atoms with Gasteiger partial charge in [-0.05, 0) is 63.1 Å². The van der Waals surface area contributed by atoms with Crippen molar-refractivity contribution in [1.29, 1.82) is 0 Å². The second kappa shape index (κ2) is 6.54. The zero-order chi connectivity index (χ0) is 19.3. The van der Waals surface area contributed by atoms with Crippen LogP contribution in [-0.2, 0) is 4.74 Å². The van der Waals surface area contributed by atoms with Crippen LogP contribution in [0.2, 0.25) is 5.02 Å². The fourth-order valence-electron chi connectivity index (χ4n) is 4.42. The smallest absolute Gasteiger partial charge is 0.335 e. The highest BCUT2D eigenvalue weighted by atomic mass is 35.5. The van der Waals surface area contributed by atoms with Gasteiger partial charge in [-0.25, -0.2) is 4.79 Å². The normalized spacial score (nSPS) is 28.6. The van der Waals surface area contributed by atoms with E-state index in [9.17, 15) is 9.90 Å². The molecule has 0 amide bonds. The van der Waals surface area contributed by atoms with Gasteiger partial charge in [0.05, 0.1) is 17.8 Å². The molecule has 2 aromatic carbocycles. The Bertz CT molecular complexity index is 874. The molecule has 1 saturated heterocycles. The van der Waals surface area contributed by atoms with Crippen LogP contribution in [0.25, 0.3) is 0 Å². The molecule has 5 heteroatoms. The zero-order valence-corrected chi connectivity index (χ0v) is 16.4. The standard InChI is InChI=1S/C22H23ClO4/c1-12-16(13-4-7-15(23)8-5-13)11-18-20(26-12)17-10-14(21(24)25)6-9-19(17)27-22(18,2)3/h4-10,12,16,18,20H,11H2,1-3H3,(H,24,25)/t12-,16+,18+,20-/m1/s1. The summed E-state index contributed by atoms with van der Waals surface area (Å²) in [5.74, 6) is 0.118. The predicted octanol–water partition coefficient (Wildman–Crippen LogP) is 5.46. The molecule has 4 nitrogen and oxygen atoms in total. The molecule has 1 N–H and O–H groups in total. The second-order valence-electron chi connectivity index (χ2n) is 8.03. The quantitative estimate of drug-likeness (QED) is 0.744. The lowest BCUT2D eigenvalue weighted by molar-refractivity contribution is -0.153. The fraction of sp³-hybridized carbons (Fsp3) is 0.409. The lowest BCUT2D eigenvalue weighted by Gasteiger charge is -2.50. The number of carboxylic acids is 1. The molecular formula is C22H23ClO4. The molecule has 0 radical (unpaired) electrons. The molecule has 2 heterocycles. The van der Waals surface area contributed by atoms with E-state index in [2.05, 4.69) is 32.9 Å². The van der Waals surface area contributed by atoms with Crippen LogP contribution < -0.4 is 4.74 Å². The minimum atomic E-state index is -0.943. The SMILES string of the molecule is C[C@H]1O[C@@H]2c3cc(C(=O)O)ccc3OC(C)(C)[C@H]2C[C@@H]1c1ccc(Cl)cc1. The molecular weight excluding hydrogens is 364 g/mol.